The fourth-order valence-electron chi connectivity index (χ4n) is 2.02. The van der Waals surface area contributed by atoms with E-state index in [1.54, 1.807) is 11.3 Å². The van der Waals surface area contributed by atoms with Gasteiger partial charge >= 0.3 is 0 Å². The van der Waals surface area contributed by atoms with Crippen molar-refractivity contribution < 1.29 is 4.52 Å². The monoisotopic (exact) mass is 279 g/mol. The summed E-state index contributed by atoms with van der Waals surface area (Å²) < 4.78 is 5.33. The summed E-state index contributed by atoms with van der Waals surface area (Å²) in [5.41, 5.74) is 8.11. The van der Waals surface area contributed by atoms with Crippen molar-refractivity contribution in [2.24, 2.45) is 11.1 Å². The Hall–Kier alpha value is -1.20. The van der Waals surface area contributed by atoms with Gasteiger partial charge in [-0.1, -0.05) is 19.0 Å². The first-order valence-electron chi connectivity index (χ1n) is 6.58. The van der Waals surface area contributed by atoms with Crippen LogP contribution in [0.5, 0.6) is 0 Å². The number of nitrogens with zero attached hydrogens (tertiary/aromatic N) is 2. The predicted molar refractivity (Wildman–Crippen MR) is 78.1 cm³/mol. The second-order valence-corrected chi connectivity index (χ2v) is 6.43. The Bertz CT molecular complexity index is 530. The molecule has 0 saturated carbocycles. The maximum absolute atomic E-state index is 5.62. The first-order chi connectivity index (χ1) is 9.02. The van der Waals surface area contributed by atoms with E-state index in [4.69, 9.17) is 10.3 Å². The third kappa shape index (κ3) is 3.64. The Morgan fingerprint density at radius 2 is 2.11 bits per heavy atom. The topological polar surface area (TPSA) is 64.9 Å². The largest absolute Gasteiger partial charge is 0.339 e. The Morgan fingerprint density at radius 1 is 1.32 bits per heavy atom. The highest BCUT2D eigenvalue weighted by atomic mass is 32.1. The van der Waals surface area contributed by atoms with Gasteiger partial charge in [0.15, 0.2) is 0 Å². The zero-order chi connectivity index (χ0) is 13.9. The van der Waals surface area contributed by atoms with Crippen LogP contribution in [-0.4, -0.2) is 16.7 Å². The number of hydrogen-bond donors (Lipinski definition) is 1. The van der Waals surface area contributed by atoms with E-state index in [0.29, 0.717) is 11.7 Å². The number of rotatable bonds is 6. The van der Waals surface area contributed by atoms with Crippen molar-refractivity contribution in [2.75, 3.05) is 6.54 Å². The molecule has 2 heterocycles. The van der Waals surface area contributed by atoms with E-state index in [2.05, 4.69) is 41.7 Å². The van der Waals surface area contributed by atoms with E-state index in [-0.39, 0.29) is 5.41 Å². The molecule has 0 unspecified atom stereocenters. The van der Waals surface area contributed by atoms with Gasteiger partial charge in [-0.3, -0.25) is 0 Å². The molecule has 104 valence electrons. The van der Waals surface area contributed by atoms with Crippen LogP contribution in [0.25, 0.3) is 11.4 Å². The lowest BCUT2D eigenvalue weighted by molar-refractivity contribution is 0.289. The Balaban J connectivity index is 2.01. The van der Waals surface area contributed by atoms with E-state index in [1.165, 1.54) is 5.56 Å². The summed E-state index contributed by atoms with van der Waals surface area (Å²) >= 11 is 1.66. The first kappa shape index (κ1) is 14.2. The van der Waals surface area contributed by atoms with Crippen LogP contribution in [0.3, 0.4) is 0 Å². The molecule has 2 aromatic rings. The van der Waals surface area contributed by atoms with Gasteiger partial charge in [-0.05, 0) is 42.7 Å². The average molecular weight is 279 g/mol. The molecule has 19 heavy (non-hydrogen) atoms. The number of thiophene rings is 1. The minimum atomic E-state index is 0.224. The summed E-state index contributed by atoms with van der Waals surface area (Å²) in [7, 11) is 0. The van der Waals surface area contributed by atoms with Crippen molar-refractivity contribution >= 4 is 11.3 Å². The Kier molecular flexibility index (Phi) is 4.37. The van der Waals surface area contributed by atoms with Crippen LogP contribution < -0.4 is 5.73 Å². The maximum atomic E-state index is 5.62. The quantitative estimate of drug-likeness (QED) is 0.880. The first-order valence-corrected chi connectivity index (χ1v) is 7.52. The smallest absolute Gasteiger partial charge is 0.226 e. The molecule has 0 aromatic carbocycles. The molecule has 0 bridgehead atoms. The molecule has 2 rings (SSSR count). The third-order valence-electron chi connectivity index (χ3n) is 3.40. The predicted octanol–water partition coefficient (Wildman–Crippen LogP) is 3.41. The van der Waals surface area contributed by atoms with Gasteiger partial charge < -0.3 is 10.3 Å². The Morgan fingerprint density at radius 3 is 2.74 bits per heavy atom. The molecule has 0 atom stereocenters. The molecule has 0 spiro atoms. The lowest BCUT2D eigenvalue weighted by atomic mass is 9.84. The highest BCUT2D eigenvalue weighted by Gasteiger charge is 2.19. The summed E-state index contributed by atoms with van der Waals surface area (Å²) in [5.74, 6) is 1.41. The highest BCUT2D eigenvalue weighted by molar-refractivity contribution is 7.08. The van der Waals surface area contributed by atoms with Crippen molar-refractivity contribution in [3.63, 3.8) is 0 Å². The van der Waals surface area contributed by atoms with Gasteiger partial charge in [0.25, 0.3) is 0 Å². The molecule has 2 aromatic heterocycles. The zero-order valence-electron chi connectivity index (χ0n) is 11.8. The van der Waals surface area contributed by atoms with Crippen LogP contribution in [0.2, 0.25) is 0 Å². The van der Waals surface area contributed by atoms with Crippen molar-refractivity contribution in [3.05, 3.63) is 22.2 Å². The second-order valence-electron chi connectivity index (χ2n) is 5.68. The van der Waals surface area contributed by atoms with Gasteiger partial charge in [0, 0.05) is 17.4 Å². The van der Waals surface area contributed by atoms with Gasteiger partial charge in [0.05, 0.1) is 0 Å². The van der Waals surface area contributed by atoms with Gasteiger partial charge in [-0.15, -0.1) is 0 Å². The summed E-state index contributed by atoms with van der Waals surface area (Å²) in [6.45, 7) is 7.22. The standard InChI is InChI=1S/C14H21N3OS/c1-10-8-19-9-11(10)13-16-12(18-17-13)4-5-14(2,3)6-7-15/h8-9H,4-7,15H2,1-3H3. The van der Waals surface area contributed by atoms with E-state index >= 15 is 0 Å². The van der Waals surface area contributed by atoms with Gasteiger partial charge in [0.2, 0.25) is 11.7 Å². The van der Waals surface area contributed by atoms with Crippen molar-refractivity contribution in [2.45, 2.75) is 40.0 Å². The number of hydrogen-bond acceptors (Lipinski definition) is 5. The summed E-state index contributed by atoms with van der Waals surface area (Å²) in [5, 5.41) is 8.21. The number of aryl methyl sites for hydroxylation is 2. The average Bonchev–Trinajstić information content (AvgIpc) is 2.95. The van der Waals surface area contributed by atoms with E-state index in [9.17, 15) is 0 Å². The number of nitrogens with two attached hydrogens (primary N) is 1. The summed E-state index contributed by atoms with van der Waals surface area (Å²) in [4.78, 5) is 4.47. The van der Waals surface area contributed by atoms with Crippen LogP contribution in [0.1, 0.15) is 38.1 Å². The van der Waals surface area contributed by atoms with Crippen LogP contribution in [0.15, 0.2) is 15.3 Å². The molecule has 5 heteroatoms. The summed E-state index contributed by atoms with van der Waals surface area (Å²) in [6, 6.07) is 0. The molecule has 0 aliphatic carbocycles. The van der Waals surface area contributed by atoms with Crippen molar-refractivity contribution in [1.82, 2.24) is 10.1 Å². The lowest BCUT2D eigenvalue weighted by Gasteiger charge is -2.22. The van der Waals surface area contributed by atoms with Gasteiger partial charge in [0.1, 0.15) is 0 Å². The molecular formula is C14H21N3OS. The molecule has 0 radical (unpaired) electrons. The molecule has 0 fully saturated rings. The molecule has 0 aliphatic rings. The fourth-order valence-corrected chi connectivity index (χ4v) is 2.84. The van der Waals surface area contributed by atoms with Crippen LogP contribution in [-0.2, 0) is 6.42 Å². The van der Waals surface area contributed by atoms with E-state index < -0.39 is 0 Å². The molecule has 4 nitrogen and oxygen atoms in total. The number of aromatic nitrogens is 2. The maximum Gasteiger partial charge on any atom is 0.226 e. The third-order valence-corrected chi connectivity index (χ3v) is 4.26. The minimum absolute atomic E-state index is 0.224. The SMILES string of the molecule is Cc1cscc1-c1noc(CCC(C)(C)CCN)n1. The normalized spacial score (nSPS) is 12.0. The van der Waals surface area contributed by atoms with E-state index in [1.807, 2.05) is 0 Å². The zero-order valence-corrected chi connectivity index (χ0v) is 12.6. The minimum Gasteiger partial charge on any atom is -0.339 e. The van der Waals surface area contributed by atoms with Gasteiger partial charge in [-0.25, -0.2) is 0 Å². The van der Waals surface area contributed by atoms with Crippen LogP contribution >= 0.6 is 11.3 Å². The molecule has 0 aliphatic heterocycles. The summed E-state index contributed by atoms with van der Waals surface area (Å²) in [6.07, 6.45) is 2.83. The molecular weight excluding hydrogens is 258 g/mol. The molecule has 2 N–H and O–H groups in total. The van der Waals surface area contributed by atoms with Gasteiger partial charge in [-0.2, -0.15) is 16.3 Å². The van der Waals surface area contributed by atoms with Crippen molar-refractivity contribution in [3.8, 4) is 11.4 Å². The fraction of sp³-hybridized carbons (Fsp3) is 0.571. The van der Waals surface area contributed by atoms with Crippen LogP contribution in [0.4, 0.5) is 0 Å². The van der Waals surface area contributed by atoms with E-state index in [0.717, 1.165) is 31.4 Å². The molecule has 0 amide bonds. The van der Waals surface area contributed by atoms with Crippen molar-refractivity contribution in [1.29, 1.82) is 0 Å². The lowest BCUT2D eigenvalue weighted by Crippen LogP contribution is -2.17. The van der Waals surface area contributed by atoms with Crippen LogP contribution in [0, 0.1) is 12.3 Å². The highest BCUT2D eigenvalue weighted by Crippen LogP contribution is 2.27. The molecule has 0 saturated heterocycles. The second kappa shape index (κ2) is 5.84. The Labute approximate surface area is 118 Å².